The van der Waals surface area contributed by atoms with Crippen LogP contribution in [0.5, 0.6) is 0 Å². The van der Waals surface area contributed by atoms with Gasteiger partial charge in [0, 0.05) is 6.54 Å². The predicted octanol–water partition coefficient (Wildman–Crippen LogP) is 3.35. The lowest BCUT2D eigenvalue weighted by molar-refractivity contribution is -0.161. The summed E-state index contributed by atoms with van der Waals surface area (Å²) in [5, 5.41) is -0.101. The molecule has 0 radical (unpaired) electrons. The number of methoxy groups -OCH3 is 1. The van der Waals surface area contributed by atoms with Crippen LogP contribution in [0.15, 0.2) is 18.2 Å². The molecule has 8 heteroatoms. The highest BCUT2D eigenvalue weighted by molar-refractivity contribution is 6.30. The van der Waals surface area contributed by atoms with Gasteiger partial charge in [0.15, 0.2) is 0 Å². The summed E-state index contributed by atoms with van der Waals surface area (Å²) in [4.78, 5) is 38.2. The number of carbonyl (C=O) groups is 3. The van der Waals surface area contributed by atoms with Crippen molar-refractivity contribution in [3.63, 3.8) is 0 Å². The fourth-order valence-electron chi connectivity index (χ4n) is 2.66. The van der Waals surface area contributed by atoms with E-state index in [0.29, 0.717) is 5.56 Å². The Labute approximate surface area is 163 Å². The van der Waals surface area contributed by atoms with E-state index >= 15 is 0 Å². The van der Waals surface area contributed by atoms with Gasteiger partial charge in [0.2, 0.25) is 5.91 Å². The molecule has 0 bridgehead atoms. The first-order chi connectivity index (χ1) is 12.5. The van der Waals surface area contributed by atoms with Gasteiger partial charge in [0.05, 0.1) is 18.7 Å². The summed E-state index contributed by atoms with van der Waals surface area (Å²) in [7, 11) is 1.23. The monoisotopic (exact) mass is 401 g/mol. The van der Waals surface area contributed by atoms with Crippen molar-refractivity contribution in [1.29, 1.82) is 0 Å². The quantitative estimate of drug-likeness (QED) is 0.517. The van der Waals surface area contributed by atoms with Gasteiger partial charge in [-0.2, -0.15) is 0 Å². The number of hydrogen-bond donors (Lipinski definition) is 0. The summed E-state index contributed by atoms with van der Waals surface area (Å²) >= 11 is 5.82. The number of halogens is 2. The van der Waals surface area contributed by atoms with Crippen molar-refractivity contribution in [3.05, 3.63) is 34.6 Å². The number of carbonyl (C=O) groups excluding carboxylic acids is 3. The van der Waals surface area contributed by atoms with E-state index in [1.165, 1.54) is 30.2 Å². The molecule has 0 aliphatic carbocycles. The lowest BCUT2D eigenvalue weighted by Crippen LogP contribution is -2.52. The first kappa shape index (κ1) is 22.9. The normalized spacial score (nSPS) is 12.3. The minimum absolute atomic E-state index is 0.0464. The number of esters is 2. The Morgan fingerprint density at radius 1 is 1.26 bits per heavy atom. The number of nitrogens with zero attached hydrogens (tertiary/aromatic N) is 1. The standard InChI is InChI=1S/C19H25ClFNO5/c1-6-27-16(24)10-15(23)22(17(18(25)26-5)19(2,3)4)11-12-7-8-14(21)13(20)9-12/h7-9,17H,6,10-11H2,1-5H3/t17-/m1/s1. The molecule has 150 valence electrons. The third-order valence-corrected chi connectivity index (χ3v) is 4.10. The first-order valence-corrected chi connectivity index (χ1v) is 8.85. The lowest BCUT2D eigenvalue weighted by atomic mass is 9.85. The van der Waals surface area contributed by atoms with Gasteiger partial charge < -0.3 is 14.4 Å². The second-order valence-corrected chi connectivity index (χ2v) is 7.45. The summed E-state index contributed by atoms with van der Waals surface area (Å²) < 4.78 is 23.1. The largest absolute Gasteiger partial charge is 0.467 e. The van der Waals surface area contributed by atoms with Gasteiger partial charge in [-0.15, -0.1) is 0 Å². The Hall–Kier alpha value is -2.15. The second kappa shape index (κ2) is 9.69. The molecule has 0 aliphatic rings. The molecule has 0 aliphatic heterocycles. The molecule has 0 unspecified atom stereocenters. The lowest BCUT2D eigenvalue weighted by Gasteiger charge is -2.38. The van der Waals surface area contributed by atoms with Crippen LogP contribution in [-0.2, 0) is 30.4 Å². The van der Waals surface area contributed by atoms with Gasteiger partial charge >= 0.3 is 11.9 Å². The van der Waals surface area contributed by atoms with Crippen molar-refractivity contribution in [1.82, 2.24) is 4.90 Å². The van der Waals surface area contributed by atoms with E-state index in [1.807, 2.05) is 0 Å². The zero-order valence-corrected chi connectivity index (χ0v) is 16.9. The molecule has 0 fully saturated rings. The molecule has 0 saturated carbocycles. The van der Waals surface area contributed by atoms with Crippen LogP contribution in [0.1, 0.15) is 39.7 Å². The van der Waals surface area contributed by atoms with Crippen LogP contribution in [0, 0.1) is 11.2 Å². The van der Waals surface area contributed by atoms with E-state index in [1.54, 1.807) is 27.7 Å². The summed E-state index contributed by atoms with van der Waals surface area (Å²) in [6, 6.07) is 3.05. The van der Waals surface area contributed by atoms with E-state index in [0.717, 1.165) is 0 Å². The number of hydrogen-bond acceptors (Lipinski definition) is 5. The summed E-state index contributed by atoms with van der Waals surface area (Å²) in [6.45, 7) is 7.05. The molecule has 0 spiro atoms. The van der Waals surface area contributed by atoms with Crippen LogP contribution < -0.4 is 0 Å². The maximum atomic E-state index is 13.4. The average Bonchev–Trinajstić information content (AvgIpc) is 2.56. The molecule has 27 heavy (non-hydrogen) atoms. The zero-order valence-electron chi connectivity index (χ0n) is 16.2. The minimum atomic E-state index is -0.965. The fourth-order valence-corrected chi connectivity index (χ4v) is 2.86. The van der Waals surface area contributed by atoms with Crippen molar-refractivity contribution < 1.29 is 28.2 Å². The highest BCUT2D eigenvalue weighted by Gasteiger charge is 2.40. The van der Waals surface area contributed by atoms with Gasteiger partial charge in [-0.05, 0) is 30.0 Å². The Morgan fingerprint density at radius 3 is 2.37 bits per heavy atom. The number of rotatable bonds is 7. The SMILES string of the molecule is CCOC(=O)CC(=O)N(Cc1ccc(F)c(Cl)c1)[C@H](C(=O)OC)C(C)(C)C. The zero-order chi connectivity index (χ0) is 20.8. The van der Waals surface area contributed by atoms with Crippen LogP contribution in [0.3, 0.4) is 0 Å². The van der Waals surface area contributed by atoms with Gasteiger partial charge in [-0.1, -0.05) is 38.4 Å². The molecule has 1 atom stereocenters. The third kappa shape index (κ3) is 6.50. The minimum Gasteiger partial charge on any atom is -0.467 e. The van der Waals surface area contributed by atoms with Gasteiger partial charge in [0.1, 0.15) is 18.3 Å². The Morgan fingerprint density at radius 2 is 1.89 bits per heavy atom. The fraction of sp³-hybridized carbons (Fsp3) is 0.526. The van der Waals surface area contributed by atoms with Crippen molar-refractivity contribution in [2.24, 2.45) is 5.41 Å². The molecular weight excluding hydrogens is 377 g/mol. The maximum absolute atomic E-state index is 13.4. The van der Waals surface area contributed by atoms with E-state index in [4.69, 9.17) is 21.1 Å². The summed E-state index contributed by atoms with van der Waals surface area (Å²) in [5.41, 5.74) is -0.168. The molecule has 1 aromatic rings. The molecule has 6 nitrogen and oxygen atoms in total. The Bertz CT molecular complexity index is 702. The molecule has 0 saturated heterocycles. The van der Waals surface area contributed by atoms with E-state index in [9.17, 15) is 18.8 Å². The molecule has 0 aromatic heterocycles. The molecule has 1 amide bonds. The summed E-state index contributed by atoms with van der Waals surface area (Å²) in [6.07, 6.45) is -0.521. The van der Waals surface area contributed by atoms with Crippen molar-refractivity contribution in [3.8, 4) is 0 Å². The molecule has 1 rings (SSSR count). The Balaban J connectivity index is 3.27. The van der Waals surface area contributed by atoms with Crippen LogP contribution in [-0.4, -0.2) is 42.5 Å². The number of amides is 1. The van der Waals surface area contributed by atoms with E-state index in [2.05, 4.69) is 0 Å². The highest BCUT2D eigenvalue weighted by atomic mass is 35.5. The number of ether oxygens (including phenoxy) is 2. The van der Waals surface area contributed by atoms with E-state index in [-0.39, 0.29) is 18.2 Å². The average molecular weight is 402 g/mol. The van der Waals surface area contributed by atoms with Gasteiger partial charge in [-0.3, -0.25) is 9.59 Å². The first-order valence-electron chi connectivity index (χ1n) is 8.48. The van der Waals surface area contributed by atoms with Crippen LogP contribution in [0.4, 0.5) is 4.39 Å². The molecular formula is C19H25ClFNO5. The van der Waals surface area contributed by atoms with Crippen molar-refractivity contribution in [2.45, 2.75) is 46.7 Å². The van der Waals surface area contributed by atoms with Crippen LogP contribution in [0.2, 0.25) is 5.02 Å². The predicted molar refractivity (Wildman–Crippen MR) is 98.5 cm³/mol. The van der Waals surface area contributed by atoms with Crippen molar-refractivity contribution in [2.75, 3.05) is 13.7 Å². The molecule has 0 heterocycles. The second-order valence-electron chi connectivity index (χ2n) is 7.04. The van der Waals surface area contributed by atoms with Crippen molar-refractivity contribution >= 4 is 29.4 Å². The number of benzene rings is 1. The maximum Gasteiger partial charge on any atom is 0.329 e. The summed E-state index contributed by atoms with van der Waals surface area (Å²) in [5.74, 6) is -2.50. The van der Waals surface area contributed by atoms with E-state index < -0.39 is 41.5 Å². The van der Waals surface area contributed by atoms with Crippen LogP contribution >= 0.6 is 11.6 Å². The highest BCUT2D eigenvalue weighted by Crippen LogP contribution is 2.28. The van der Waals surface area contributed by atoms with Crippen LogP contribution in [0.25, 0.3) is 0 Å². The molecule has 0 N–H and O–H groups in total. The molecule has 1 aromatic carbocycles. The topological polar surface area (TPSA) is 72.9 Å². The Kier molecular flexibility index (Phi) is 8.21. The van der Waals surface area contributed by atoms with Gasteiger partial charge in [-0.25, -0.2) is 9.18 Å². The smallest absolute Gasteiger partial charge is 0.329 e. The third-order valence-electron chi connectivity index (χ3n) is 3.81. The van der Waals surface area contributed by atoms with Gasteiger partial charge in [0.25, 0.3) is 0 Å².